The maximum absolute atomic E-state index is 13.7. The van der Waals surface area contributed by atoms with Crippen molar-refractivity contribution < 1.29 is 18.7 Å². The first kappa shape index (κ1) is 13.5. The quantitative estimate of drug-likeness (QED) is 0.639. The van der Waals surface area contributed by atoms with E-state index in [1.807, 2.05) is 0 Å². The van der Waals surface area contributed by atoms with Gasteiger partial charge in [0.05, 0.1) is 18.9 Å². The van der Waals surface area contributed by atoms with Crippen molar-refractivity contribution in [1.29, 1.82) is 0 Å². The molecule has 0 amide bonds. The summed E-state index contributed by atoms with van der Waals surface area (Å²) in [6, 6.07) is 7.18. The Bertz CT molecular complexity index is 601. The number of hydrogen-bond donors (Lipinski definition) is 0. The molecule has 0 spiro atoms. The van der Waals surface area contributed by atoms with Crippen molar-refractivity contribution in [2.45, 2.75) is 0 Å². The van der Waals surface area contributed by atoms with E-state index in [0.29, 0.717) is 10.4 Å². The first-order valence-corrected chi connectivity index (χ1v) is 6.06. The fourth-order valence-corrected chi connectivity index (χ4v) is 1.61. The summed E-state index contributed by atoms with van der Waals surface area (Å²) in [7, 11) is 1.23. The van der Waals surface area contributed by atoms with E-state index in [0.717, 1.165) is 6.07 Å². The minimum atomic E-state index is -0.647. The summed E-state index contributed by atoms with van der Waals surface area (Å²) in [6.07, 6.45) is 1.46. The van der Waals surface area contributed by atoms with Crippen LogP contribution in [-0.2, 0) is 4.74 Å². The van der Waals surface area contributed by atoms with Gasteiger partial charge in [-0.1, -0.05) is 0 Å². The molecule has 98 valence electrons. The number of methoxy groups -OCH3 is 1. The molecule has 0 N–H and O–H groups in total. The Morgan fingerprint density at radius 1 is 1.32 bits per heavy atom. The summed E-state index contributed by atoms with van der Waals surface area (Å²) >= 11 is 3.19. The summed E-state index contributed by atoms with van der Waals surface area (Å²) < 4.78 is 24.2. The highest BCUT2D eigenvalue weighted by atomic mass is 79.9. The van der Waals surface area contributed by atoms with E-state index in [2.05, 4.69) is 25.7 Å². The highest BCUT2D eigenvalue weighted by molar-refractivity contribution is 9.10. The minimum absolute atomic E-state index is 0.0109. The van der Waals surface area contributed by atoms with Gasteiger partial charge in [-0.15, -0.1) is 0 Å². The Labute approximate surface area is 117 Å². The third-order valence-corrected chi connectivity index (χ3v) is 2.75. The molecule has 0 radical (unpaired) electrons. The van der Waals surface area contributed by atoms with Crippen LogP contribution in [0.15, 0.2) is 41.1 Å². The molecular formula is C13H9BrFNO3. The predicted octanol–water partition coefficient (Wildman–Crippen LogP) is 3.56. The van der Waals surface area contributed by atoms with Crippen LogP contribution in [0.5, 0.6) is 11.5 Å². The molecular weight excluding hydrogens is 317 g/mol. The van der Waals surface area contributed by atoms with Crippen molar-refractivity contribution in [3.05, 3.63) is 52.5 Å². The number of benzene rings is 1. The maximum Gasteiger partial charge on any atom is 0.337 e. The van der Waals surface area contributed by atoms with E-state index in [4.69, 9.17) is 4.74 Å². The molecule has 0 unspecified atom stereocenters. The van der Waals surface area contributed by atoms with Gasteiger partial charge in [0, 0.05) is 0 Å². The standard InChI is InChI=1S/C13H9BrFNO3/c1-18-13(17)8-2-4-11(10(15)6-8)19-9-3-5-12(14)16-7-9/h2-7H,1H3. The van der Waals surface area contributed by atoms with Crippen LogP contribution < -0.4 is 4.74 Å². The Balaban J connectivity index is 2.22. The third kappa shape index (κ3) is 3.29. The molecule has 0 saturated heterocycles. The molecule has 0 fully saturated rings. The molecule has 0 aliphatic rings. The molecule has 1 aromatic carbocycles. The van der Waals surface area contributed by atoms with Crippen molar-refractivity contribution in [2.75, 3.05) is 7.11 Å². The highest BCUT2D eigenvalue weighted by Gasteiger charge is 2.11. The van der Waals surface area contributed by atoms with E-state index < -0.39 is 11.8 Å². The minimum Gasteiger partial charge on any atom is -0.465 e. The maximum atomic E-state index is 13.7. The lowest BCUT2D eigenvalue weighted by molar-refractivity contribution is 0.0600. The van der Waals surface area contributed by atoms with Gasteiger partial charge in [-0.3, -0.25) is 0 Å². The summed E-state index contributed by atoms with van der Waals surface area (Å²) in [6.45, 7) is 0. The number of esters is 1. The number of pyridine rings is 1. The molecule has 2 rings (SSSR count). The van der Waals surface area contributed by atoms with Gasteiger partial charge in [0.15, 0.2) is 11.6 Å². The highest BCUT2D eigenvalue weighted by Crippen LogP contribution is 2.25. The molecule has 0 atom stereocenters. The molecule has 0 aliphatic heterocycles. The second-order valence-corrected chi connectivity index (χ2v) is 4.37. The molecule has 0 bridgehead atoms. The Morgan fingerprint density at radius 2 is 2.11 bits per heavy atom. The van der Waals surface area contributed by atoms with Crippen LogP contribution in [0, 0.1) is 5.82 Å². The van der Waals surface area contributed by atoms with Crippen LogP contribution in [-0.4, -0.2) is 18.1 Å². The summed E-state index contributed by atoms with van der Waals surface area (Å²) in [4.78, 5) is 15.2. The van der Waals surface area contributed by atoms with Gasteiger partial charge in [-0.25, -0.2) is 14.2 Å². The number of rotatable bonds is 3. The fraction of sp³-hybridized carbons (Fsp3) is 0.0769. The summed E-state index contributed by atoms with van der Waals surface area (Å²) in [5, 5.41) is 0. The lowest BCUT2D eigenvalue weighted by Crippen LogP contribution is -2.02. The topological polar surface area (TPSA) is 48.4 Å². The fourth-order valence-electron chi connectivity index (χ4n) is 1.38. The molecule has 6 heteroatoms. The van der Waals surface area contributed by atoms with Gasteiger partial charge in [-0.05, 0) is 46.3 Å². The largest absolute Gasteiger partial charge is 0.465 e. The number of ether oxygens (including phenoxy) is 2. The van der Waals surface area contributed by atoms with Crippen LogP contribution in [0.1, 0.15) is 10.4 Å². The van der Waals surface area contributed by atoms with Gasteiger partial charge < -0.3 is 9.47 Å². The lowest BCUT2D eigenvalue weighted by Gasteiger charge is -2.07. The van der Waals surface area contributed by atoms with Gasteiger partial charge >= 0.3 is 5.97 Å². The van der Waals surface area contributed by atoms with Crippen LogP contribution in [0.25, 0.3) is 0 Å². The Morgan fingerprint density at radius 3 is 2.68 bits per heavy atom. The third-order valence-electron chi connectivity index (χ3n) is 2.28. The molecule has 2 aromatic rings. The first-order valence-electron chi connectivity index (χ1n) is 5.27. The number of aromatic nitrogens is 1. The van der Waals surface area contributed by atoms with Crippen LogP contribution in [0.4, 0.5) is 4.39 Å². The van der Waals surface area contributed by atoms with Crippen LogP contribution in [0.2, 0.25) is 0 Å². The predicted molar refractivity (Wildman–Crippen MR) is 69.8 cm³/mol. The number of nitrogens with zero attached hydrogens (tertiary/aromatic N) is 1. The number of carbonyl (C=O) groups is 1. The van der Waals surface area contributed by atoms with Gasteiger partial charge in [0.1, 0.15) is 10.4 Å². The van der Waals surface area contributed by atoms with E-state index >= 15 is 0 Å². The summed E-state index contributed by atoms with van der Waals surface area (Å²) in [5.74, 6) is -0.841. The zero-order valence-corrected chi connectivity index (χ0v) is 11.5. The molecule has 0 saturated carbocycles. The number of halogens is 2. The first-order chi connectivity index (χ1) is 9.10. The number of hydrogen-bond acceptors (Lipinski definition) is 4. The smallest absolute Gasteiger partial charge is 0.337 e. The normalized spacial score (nSPS) is 10.1. The average molecular weight is 326 g/mol. The van der Waals surface area contributed by atoms with Crippen molar-refractivity contribution in [3.63, 3.8) is 0 Å². The van der Waals surface area contributed by atoms with Crippen molar-refractivity contribution >= 4 is 21.9 Å². The molecule has 1 heterocycles. The van der Waals surface area contributed by atoms with E-state index in [9.17, 15) is 9.18 Å². The van der Waals surface area contributed by atoms with Crippen LogP contribution >= 0.6 is 15.9 Å². The van der Waals surface area contributed by atoms with E-state index in [1.54, 1.807) is 12.1 Å². The second-order valence-electron chi connectivity index (χ2n) is 3.56. The van der Waals surface area contributed by atoms with E-state index in [-0.39, 0.29) is 11.3 Å². The van der Waals surface area contributed by atoms with Crippen molar-refractivity contribution in [2.24, 2.45) is 0 Å². The zero-order valence-electron chi connectivity index (χ0n) is 9.89. The summed E-state index contributed by atoms with van der Waals surface area (Å²) in [5.41, 5.74) is 0.126. The molecule has 19 heavy (non-hydrogen) atoms. The van der Waals surface area contributed by atoms with E-state index in [1.165, 1.54) is 25.4 Å². The van der Waals surface area contributed by atoms with Gasteiger partial charge in [0.2, 0.25) is 0 Å². The molecule has 4 nitrogen and oxygen atoms in total. The van der Waals surface area contributed by atoms with Crippen molar-refractivity contribution in [3.8, 4) is 11.5 Å². The SMILES string of the molecule is COC(=O)c1ccc(Oc2ccc(Br)nc2)c(F)c1. The average Bonchev–Trinajstić information content (AvgIpc) is 2.42. The lowest BCUT2D eigenvalue weighted by atomic mass is 10.2. The van der Waals surface area contributed by atoms with Crippen LogP contribution in [0.3, 0.4) is 0 Å². The zero-order chi connectivity index (χ0) is 13.8. The van der Waals surface area contributed by atoms with Gasteiger partial charge in [-0.2, -0.15) is 0 Å². The Hall–Kier alpha value is -1.95. The monoisotopic (exact) mass is 325 g/mol. The van der Waals surface area contributed by atoms with Crippen molar-refractivity contribution in [1.82, 2.24) is 4.98 Å². The molecule has 1 aromatic heterocycles. The Kier molecular flexibility index (Phi) is 4.11. The molecule has 0 aliphatic carbocycles. The second kappa shape index (κ2) is 5.79. The van der Waals surface area contributed by atoms with Gasteiger partial charge in [0.25, 0.3) is 0 Å². The number of carbonyl (C=O) groups excluding carboxylic acids is 1.